The summed E-state index contributed by atoms with van der Waals surface area (Å²) in [7, 11) is -4.22. The Labute approximate surface area is 277 Å². The highest BCUT2D eigenvalue weighted by Gasteiger charge is 2.34. The van der Waals surface area contributed by atoms with Gasteiger partial charge in [-0.3, -0.25) is 13.9 Å². The molecule has 242 valence electrons. The quantitative estimate of drug-likeness (QED) is 0.169. The standard InChI is InChI=1S/C36H40ClN3O5S/c1-5-45-32-19-21-33(22-20-32)46(43,44)40(31-17-11-27(4)12-18-31)25-35(41)39(24-29-13-15-30(37)16-14-29)34(36(42)38-26(2)3)23-28-9-7-6-8-10-28/h6-22,26,34H,5,23-25H2,1-4H3,(H,38,42). The molecule has 1 N–H and O–H groups in total. The van der Waals surface area contributed by atoms with Crippen molar-refractivity contribution in [3.8, 4) is 5.75 Å². The number of hydrogen-bond donors (Lipinski definition) is 1. The highest BCUT2D eigenvalue weighted by molar-refractivity contribution is 7.92. The first-order valence-corrected chi connectivity index (χ1v) is 17.0. The van der Waals surface area contributed by atoms with Crippen LogP contribution in [0.25, 0.3) is 0 Å². The van der Waals surface area contributed by atoms with Crippen LogP contribution in [-0.4, -0.2) is 50.4 Å². The Morgan fingerprint density at radius 2 is 1.48 bits per heavy atom. The zero-order valence-electron chi connectivity index (χ0n) is 26.5. The maximum atomic E-state index is 14.5. The smallest absolute Gasteiger partial charge is 0.264 e. The monoisotopic (exact) mass is 661 g/mol. The van der Waals surface area contributed by atoms with Gasteiger partial charge < -0.3 is 15.0 Å². The molecule has 2 amide bonds. The molecule has 0 heterocycles. The van der Waals surface area contributed by atoms with Crippen molar-refractivity contribution in [3.63, 3.8) is 0 Å². The van der Waals surface area contributed by atoms with E-state index in [9.17, 15) is 18.0 Å². The SMILES string of the molecule is CCOc1ccc(S(=O)(=O)N(CC(=O)N(Cc2ccc(Cl)cc2)C(Cc2ccccc2)C(=O)NC(C)C)c2ccc(C)cc2)cc1. The van der Waals surface area contributed by atoms with Gasteiger partial charge in [-0.2, -0.15) is 0 Å². The number of anilines is 1. The predicted molar refractivity (Wildman–Crippen MR) is 183 cm³/mol. The lowest BCUT2D eigenvalue weighted by Gasteiger charge is -2.34. The van der Waals surface area contributed by atoms with Crippen LogP contribution in [0.1, 0.15) is 37.5 Å². The molecule has 4 rings (SSSR count). The Bertz CT molecular complexity index is 1700. The molecule has 0 radical (unpaired) electrons. The molecule has 0 saturated heterocycles. The molecule has 0 aliphatic carbocycles. The summed E-state index contributed by atoms with van der Waals surface area (Å²) in [5.41, 5.74) is 2.86. The molecule has 0 aromatic heterocycles. The Morgan fingerprint density at radius 3 is 2.07 bits per heavy atom. The number of amides is 2. The van der Waals surface area contributed by atoms with E-state index >= 15 is 0 Å². The number of carbonyl (C=O) groups excluding carboxylic acids is 2. The molecule has 0 bridgehead atoms. The van der Waals surface area contributed by atoms with E-state index < -0.39 is 28.5 Å². The van der Waals surface area contributed by atoms with Crippen molar-refractivity contribution in [1.29, 1.82) is 0 Å². The minimum atomic E-state index is -4.22. The van der Waals surface area contributed by atoms with E-state index in [0.29, 0.717) is 23.1 Å². The number of sulfonamides is 1. The number of aryl methyl sites for hydroxylation is 1. The summed E-state index contributed by atoms with van der Waals surface area (Å²) in [6.45, 7) is 7.41. The van der Waals surface area contributed by atoms with Gasteiger partial charge in [0.05, 0.1) is 17.2 Å². The largest absolute Gasteiger partial charge is 0.494 e. The number of ether oxygens (including phenoxy) is 1. The van der Waals surface area contributed by atoms with Gasteiger partial charge in [0.1, 0.15) is 18.3 Å². The lowest BCUT2D eigenvalue weighted by molar-refractivity contribution is -0.140. The number of halogens is 1. The topological polar surface area (TPSA) is 96.0 Å². The van der Waals surface area contributed by atoms with Crippen molar-refractivity contribution in [2.45, 2.75) is 57.6 Å². The van der Waals surface area contributed by atoms with E-state index in [1.807, 2.05) is 58.0 Å². The second kappa shape index (κ2) is 15.8. The molecule has 0 aliphatic rings. The Morgan fingerprint density at radius 1 is 0.848 bits per heavy atom. The normalized spacial score (nSPS) is 12.0. The number of nitrogens with zero attached hydrogens (tertiary/aromatic N) is 2. The van der Waals surface area contributed by atoms with E-state index in [2.05, 4.69) is 5.32 Å². The highest BCUT2D eigenvalue weighted by atomic mass is 35.5. The van der Waals surface area contributed by atoms with E-state index in [-0.39, 0.29) is 29.8 Å². The first-order chi connectivity index (χ1) is 22.0. The van der Waals surface area contributed by atoms with Crippen molar-refractivity contribution in [2.75, 3.05) is 17.5 Å². The molecule has 0 aliphatic heterocycles. The number of rotatable bonds is 14. The molecule has 0 spiro atoms. The highest BCUT2D eigenvalue weighted by Crippen LogP contribution is 2.27. The van der Waals surface area contributed by atoms with Gasteiger partial charge in [-0.15, -0.1) is 0 Å². The number of nitrogens with one attached hydrogen (secondary N) is 1. The molecule has 10 heteroatoms. The molecular formula is C36H40ClN3O5S. The van der Waals surface area contributed by atoms with Crippen LogP contribution in [0.15, 0.2) is 108 Å². The van der Waals surface area contributed by atoms with Crippen LogP contribution in [-0.2, 0) is 32.6 Å². The Balaban J connectivity index is 1.79. The lowest BCUT2D eigenvalue weighted by atomic mass is 10.0. The van der Waals surface area contributed by atoms with Crippen LogP contribution in [0.3, 0.4) is 0 Å². The van der Waals surface area contributed by atoms with Gasteiger partial charge in [-0.25, -0.2) is 8.42 Å². The first-order valence-electron chi connectivity index (χ1n) is 15.2. The van der Waals surface area contributed by atoms with Gasteiger partial charge in [0.15, 0.2) is 0 Å². The Hall–Kier alpha value is -4.34. The second-order valence-electron chi connectivity index (χ2n) is 11.3. The van der Waals surface area contributed by atoms with Crippen molar-refractivity contribution in [3.05, 3.63) is 125 Å². The van der Waals surface area contributed by atoms with E-state index in [1.165, 1.54) is 17.0 Å². The molecule has 4 aromatic carbocycles. The van der Waals surface area contributed by atoms with Crippen LogP contribution in [0.5, 0.6) is 5.75 Å². The predicted octanol–water partition coefficient (Wildman–Crippen LogP) is 6.41. The summed E-state index contributed by atoms with van der Waals surface area (Å²) in [4.78, 5) is 29.7. The maximum Gasteiger partial charge on any atom is 0.264 e. The van der Waals surface area contributed by atoms with Gasteiger partial charge in [-0.1, -0.05) is 71.8 Å². The first kappa shape index (κ1) is 34.5. The molecule has 0 saturated carbocycles. The van der Waals surface area contributed by atoms with E-state index in [4.69, 9.17) is 16.3 Å². The van der Waals surface area contributed by atoms with E-state index in [1.54, 1.807) is 60.7 Å². The van der Waals surface area contributed by atoms with Crippen LogP contribution in [0, 0.1) is 6.92 Å². The number of benzene rings is 4. The maximum absolute atomic E-state index is 14.5. The third-order valence-electron chi connectivity index (χ3n) is 7.29. The summed E-state index contributed by atoms with van der Waals surface area (Å²) in [5, 5.41) is 3.49. The average molecular weight is 662 g/mol. The summed E-state index contributed by atoms with van der Waals surface area (Å²) < 4.78 is 35.0. The van der Waals surface area contributed by atoms with Crippen molar-refractivity contribution in [2.24, 2.45) is 0 Å². The number of carbonyl (C=O) groups is 2. The molecule has 1 unspecified atom stereocenters. The third kappa shape index (κ3) is 9.11. The molecule has 8 nitrogen and oxygen atoms in total. The average Bonchev–Trinajstić information content (AvgIpc) is 3.03. The zero-order valence-corrected chi connectivity index (χ0v) is 28.1. The fraction of sp³-hybridized carbons (Fsp3) is 0.278. The summed E-state index contributed by atoms with van der Waals surface area (Å²) in [6, 6.07) is 28.4. The fourth-order valence-electron chi connectivity index (χ4n) is 4.96. The van der Waals surface area contributed by atoms with Gasteiger partial charge >= 0.3 is 0 Å². The van der Waals surface area contributed by atoms with E-state index in [0.717, 1.165) is 21.0 Å². The molecule has 0 fully saturated rings. The van der Waals surface area contributed by atoms with Gasteiger partial charge in [0.2, 0.25) is 11.8 Å². The summed E-state index contributed by atoms with van der Waals surface area (Å²) >= 11 is 6.15. The minimum absolute atomic E-state index is 0.00645. The van der Waals surface area contributed by atoms with Gasteiger partial charge in [0, 0.05) is 24.0 Å². The second-order valence-corrected chi connectivity index (χ2v) is 13.6. The zero-order chi connectivity index (χ0) is 33.3. The lowest BCUT2D eigenvalue weighted by Crippen LogP contribution is -2.54. The van der Waals surface area contributed by atoms with Crippen molar-refractivity contribution < 1.29 is 22.7 Å². The summed E-state index contributed by atoms with van der Waals surface area (Å²) in [6.07, 6.45) is 0.231. The fourth-order valence-corrected chi connectivity index (χ4v) is 6.50. The minimum Gasteiger partial charge on any atom is -0.494 e. The Kier molecular flexibility index (Phi) is 11.8. The molecule has 1 atom stereocenters. The van der Waals surface area contributed by atoms with Crippen molar-refractivity contribution >= 4 is 39.1 Å². The third-order valence-corrected chi connectivity index (χ3v) is 9.33. The molecule has 4 aromatic rings. The van der Waals surface area contributed by atoms with Crippen LogP contribution in [0.2, 0.25) is 5.02 Å². The van der Waals surface area contributed by atoms with Crippen LogP contribution < -0.4 is 14.4 Å². The molecular weight excluding hydrogens is 622 g/mol. The van der Waals surface area contributed by atoms with Crippen molar-refractivity contribution in [1.82, 2.24) is 10.2 Å². The van der Waals surface area contributed by atoms with Crippen LogP contribution >= 0.6 is 11.6 Å². The molecule has 46 heavy (non-hydrogen) atoms. The summed E-state index contributed by atoms with van der Waals surface area (Å²) in [5.74, 6) is -0.337. The van der Waals surface area contributed by atoms with Gasteiger partial charge in [-0.05, 0) is 87.4 Å². The van der Waals surface area contributed by atoms with Crippen LogP contribution in [0.4, 0.5) is 5.69 Å². The van der Waals surface area contributed by atoms with Gasteiger partial charge in [0.25, 0.3) is 10.0 Å². The number of hydrogen-bond acceptors (Lipinski definition) is 5.